The molecule has 0 spiro atoms. The first-order chi connectivity index (χ1) is 11.2. The Kier molecular flexibility index (Phi) is 6.95. The number of para-hydroxylation sites is 1. The molecule has 23 heavy (non-hydrogen) atoms. The number of nitrogens with zero attached hydrogens (tertiary/aromatic N) is 1. The largest absolute Gasteiger partial charge is 0.371 e. The quantitative estimate of drug-likeness (QED) is 0.795. The minimum absolute atomic E-state index is 0.0911. The van der Waals surface area contributed by atoms with E-state index in [0.717, 1.165) is 30.2 Å². The van der Waals surface area contributed by atoms with Crippen LogP contribution in [0.3, 0.4) is 0 Å². The van der Waals surface area contributed by atoms with Crippen LogP contribution in [0.4, 0.5) is 5.69 Å². The van der Waals surface area contributed by atoms with Gasteiger partial charge in [0.25, 0.3) is 0 Å². The third-order valence-corrected chi connectivity index (χ3v) is 4.01. The zero-order valence-corrected chi connectivity index (χ0v) is 14.2. The molecule has 0 aliphatic carbocycles. The van der Waals surface area contributed by atoms with Crippen molar-refractivity contribution >= 4 is 23.2 Å². The molecule has 0 aliphatic rings. The fourth-order valence-corrected chi connectivity index (χ4v) is 2.56. The molecule has 0 atom stereocenters. The van der Waals surface area contributed by atoms with Crippen LogP contribution in [0.5, 0.6) is 0 Å². The Morgan fingerprint density at radius 1 is 1.09 bits per heavy atom. The van der Waals surface area contributed by atoms with Gasteiger partial charge in [-0.3, -0.25) is 4.79 Å². The van der Waals surface area contributed by atoms with Crippen LogP contribution in [0.2, 0.25) is 5.02 Å². The molecule has 2 aromatic rings. The van der Waals surface area contributed by atoms with Gasteiger partial charge in [-0.1, -0.05) is 41.9 Å². The summed E-state index contributed by atoms with van der Waals surface area (Å²) >= 11 is 5.86. The molecule has 0 heterocycles. The second-order valence-corrected chi connectivity index (χ2v) is 5.83. The maximum absolute atomic E-state index is 12.0. The molecule has 0 saturated heterocycles. The molecular formula is C19H23ClN2O. The predicted molar refractivity (Wildman–Crippen MR) is 97.1 cm³/mol. The summed E-state index contributed by atoms with van der Waals surface area (Å²) in [4.78, 5) is 14.2. The highest BCUT2D eigenvalue weighted by Crippen LogP contribution is 2.13. The van der Waals surface area contributed by atoms with Crippen molar-refractivity contribution in [3.05, 3.63) is 65.2 Å². The van der Waals surface area contributed by atoms with Gasteiger partial charge in [0.2, 0.25) is 5.91 Å². The fourth-order valence-electron chi connectivity index (χ4n) is 2.43. The Hall–Kier alpha value is -2.00. The molecule has 2 aromatic carbocycles. The number of hydrogen-bond acceptors (Lipinski definition) is 2. The molecule has 1 amide bonds. The Morgan fingerprint density at radius 2 is 1.78 bits per heavy atom. The van der Waals surface area contributed by atoms with Gasteiger partial charge in [-0.2, -0.15) is 0 Å². The highest BCUT2D eigenvalue weighted by molar-refractivity contribution is 6.30. The summed E-state index contributed by atoms with van der Waals surface area (Å²) < 4.78 is 0. The van der Waals surface area contributed by atoms with Crippen LogP contribution in [-0.2, 0) is 11.2 Å². The van der Waals surface area contributed by atoms with Crippen LogP contribution < -0.4 is 10.2 Å². The van der Waals surface area contributed by atoms with E-state index in [1.54, 1.807) is 0 Å². The maximum Gasteiger partial charge on any atom is 0.221 e. The zero-order chi connectivity index (χ0) is 16.5. The van der Waals surface area contributed by atoms with E-state index in [1.807, 2.05) is 42.5 Å². The van der Waals surface area contributed by atoms with Gasteiger partial charge in [-0.15, -0.1) is 0 Å². The minimum Gasteiger partial charge on any atom is -0.371 e. The lowest BCUT2D eigenvalue weighted by Gasteiger charge is -2.22. The topological polar surface area (TPSA) is 32.3 Å². The van der Waals surface area contributed by atoms with Gasteiger partial charge in [-0.25, -0.2) is 0 Å². The first-order valence-corrected chi connectivity index (χ1v) is 8.38. The van der Waals surface area contributed by atoms with E-state index < -0.39 is 0 Å². The molecule has 2 rings (SSSR count). The molecule has 4 heteroatoms. The van der Waals surface area contributed by atoms with Crippen molar-refractivity contribution < 1.29 is 4.79 Å². The number of amides is 1. The van der Waals surface area contributed by atoms with E-state index in [0.29, 0.717) is 13.0 Å². The Labute approximate surface area is 143 Å². The van der Waals surface area contributed by atoms with Crippen LogP contribution in [0.1, 0.15) is 18.9 Å². The summed E-state index contributed by atoms with van der Waals surface area (Å²) in [6.45, 7) is 4.37. The molecule has 0 fully saturated rings. The molecular weight excluding hydrogens is 308 g/mol. The molecule has 122 valence electrons. The number of carbonyl (C=O) groups is 1. The number of halogens is 1. The highest BCUT2D eigenvalue weighted by Gasteiger charge is 2.07. The van der Waals surface area contributed by atoms with E-state index in [-0.39, 0.29) is 5.91 Å². The number of hydrogen-bond donors (Lipinski definition) is 1. The normalized spacial score (nSPS) is 10.3. The molecule has 0 radical (unpaired) electrons. The molecule has 0 bridgehead atoms. The van der Waals surface area contributed by atoms with Crippen LogP contribution in [0, 0.1) is 0 Å². The summed E-state index contributed by atoms with van der Waals surface area (Å²) in [5, 5.41) is 3.71. The highest BCUT2D eigenvalue weighted by atomic mass is 35.5. The first kappa shape index (κ1) is 17.4. The Bertz CT molecular complexity index is 599. The van der Waals surface area contributed by atoms with Gasteiger partial charge in [0.15, 0.2) is 0 Å². The third-order valence-electron chi connectivity index (χ3n) is 3.76. The van der Waals surface area contributed by atoms with Gasteiger partial charge in [0.1, 0.15) is 0 Å². The summed E-state index contributed by atoms with van der Waals surface area (Å²) in [5.41, 5.74) is 2.33. The van der Waals surface area contributed by atoms with Crippen molar-refractivity contribution in [2.75, 3.05) is 24.5 Å². The number of rotatable bonds is 8. The van der Waals surface area contributed by atoms with Crippen LogP contribution in [0.25, 0.3) is 0 Å². The van der Waals surface area contributed by atoms with Gasteiger partial charge in [-0.05, 0) is 43.2 Å². The smallest absolute Gasteiger partial charge is 0.221 e. The van der Waals surface area contributed by atoms with Gasteiger partial charge >= 0.3 is 0 Å². The standard InChI is InChI=1S/C19H23ClN2O/c1-2-22(18-6-4-3-5-7-18)15-13-19(23)21-14-12-16-8-10-17(20)11-9-16/h3-11H,2,12-15H2,1H3,(H,21,23). The van der Waals surface area contributed by atoms with Crippen LogP contribution >= 0.6 is 11.6 Å². The molecule has 3 nitrogen and oxygen atoms in total. The average Bonchev–Trinajstić information content (AvgIpc) is 2.58. The number of benzene rings is 2. The van der Waals surface area contributed by atoms with Gasteiger partial charge in [0, 0.05) is 36.8 Å². The van der Waals surface area contributed by atoms with E-state index in [9.17, 15) is 4.79 Å². The van der Waals surface area contributed by atoms with Gasteiger partial charge in [0.05, 0.1) is 0 Å². The van der Waals surface area contributed by atoms with Crippen molar-refractivity contribution in [2.24, 2.45) is 0 Å². The summed E-state index contributed by atoms with van der Waals surface area (Å²) in [5.74, 6) is 0.0911. The van der Waals surface area contributed by atoms with E-state index in [1.165, 1.54) is 5.56 Å². The lowest BCUT2D eigenvalue weighted by Crippen LogP contribution is -2.31. The first-order valence-electron chi connectivity index (χ1n) is 8.00. The van der Waals surface area contributed by atoms with Crippen LogP contribution in [-0.4, -0.2) is 25.5 Å². The number of nitrogens with one attached hydrogen (secondary N) is 1. The van der Waals surface area contributed by atoms with Crippen molar-refractivity contribution in [2.45, 2.75) is 19.8 Å². The minimum atomic E-state index is 0.0911. The monoisotopic (exact) mass is 330 g/mol. The lowest BCUT2D eigenvalue weighted by atomic mass is 10.1. The predicted octanol–water partition coefficient (Wildman–Crippen LogP) is 3.92. The molecule has 0 unspecified atom stereocenters. The zero-order valence-electron chi connectivity index (χ0n) is 13.5. The van der Waals surface area contributed by atoms with Crippen molar-refractivity contribution in [3.63, 3.8) is 0 Å². The van der Waals surface area contributed by atoms with Crippen molar-refractivity contribution in [1.82, 2.24) is 5.32 Å². The molecule has 1 N–H and O–H groups in total. The average molecular weight is 331 g/mol. The van der Waals surface area contributed by atoms with E-state index in [4.69, 9.17) is 11.6 Å². The van der Waals surface area contributed by atoms with Gasteiger partial charge < -0.3 is 10.2 Å². The number of anilines is 1. The molecule has 0 aromatic heterocycles. The summed E-state index contributed by atoms with van der Waals surface area (Å²) in [6.07, 6.45) is 1.32. The third kappa shape index (κ3) is 5.95. The number of carbonyl (C=O) groups excluding carboxylic acids is 1. The summed E-state index contributed by atoms with van der Waals surface area (Å²) in [6, 6.07) is 17.9. The SMILES string of the molecule is CCN(CCC(=O)NCCc1ccc(Cl)cc1)c1ccccc1. The van der Waals surface area contributed by atoms with Crippen molar-refractivity contribution in [1.29, 1.82) is 0 Å². The maximum atomic E-state index is 12.0. The van der Waals surface area contributed by atoms with Crippen molar-refractivity contribution in [3.8, 4) is 0 Å². The second kappa shape index (κ2) is 9.21. The Morgan fingerprint density at radius 3 is 2.43 bits per heavy atom. The Balaban J connectivity index is 1.71. The van der Waals surface area contributed by atoms with E-state index >= 15 is 0 Å². The fraction of sp³-hybridized carbons (Fsp3) is 0.316. The van der Waals surface area contributed by atoms with E-state index in [2.05, 4.69) is 29.3 Å². The second-order valence-electron chi connectivity index (χ2n) is 5.39. The summed E-state index contributed by atoms with van der Waals surface area (Å²) in [7, 11) is 0. The molecule has 0 saturated carbocycles. The molecule has 0 aliphatic heterocycles. The lowest BCUT2D eigenvalue weighted by molar-refractivity contribution is -0.120. The van der Waals surface area contributed by atoms with Crippen LogP contribution in [0.15, 0.2) is 54.6 Å².